The van der Waals surface area contributed by atoms with Gasteiger partial charge in [-0.3, -0.25) is 0 Å². The summed E-state index contributed by atoms with van der Waals surface area (Å²) in [5.41, 5.74) is 15.2. The van der Waals surface area contributed by atoms with E-state index in [9.17, 15) is 0 Å². The molecule has 5 aromatic rings. The molecule has 2 aliphatic rings. The van der Waals surface area contributed by atoms with Gasteiger partial charge >= 0.3 is 0 Å². The van der Waals surface area contributed by atoms with Crippen LogP contribution in [0.3, 0.4) is 0 Å². The average Bonchev–Trinajstić information content (AvgIpc) is 3.03. The van der Waals surface area contributed by atoms with Crippen molar-refractivity contribution in [3.05, 3.63) is 120 Å². The van der Waals surface area contributed by atoms with Gasteiger partial charge in [0, 0.05) is 45.2 Å². The van der Waals surface area contributed by atoms with Gasteiger partial charge in [-0.15, -0.1) is 0 Å². The van der Waals surface area contributed by atoms with Crippen molar-refractivity contribution >= 4 is 62.9 Å². The molecule has 0 saturated carbocycles. The van der Waals surface area contributed by atoms with Gasteiger partial charge < -0.3 is 14.7 Å². The second kappa shape index (κ2) is 11.6. The molecule has 0 radical (unpaired) electrons. The van der Waals surface area contributed by atoms with Crippen molar-refractivity contribution in [2.45, 2.75) is 105 Å². The Morgan fingerprint density at radius 3 is 1.14 bits per heavy atom. The molecule has 0 amide bonds. The molecule has 2 heterocycles. The first-order chi connectivity index (χ1) is 23.4. The fraction of sp³-hybridized carbons (Fsp3) is 0.348. The maximum atomic E-state index is 2.63. The quantitative estimate of drug-likeness (QED) is 0.179. The molecule has 0 atom stereocenters. The molecule has 0 fully saturated rings. The molecule has 0 spiro atoms. The van der Waals surface area contributed by atoms with Crippen LogP contribution in [0.2, 0.25) is 0 Å². The van der Waals surface area contributed by atoms with Crippen molar-refractivity contribution in [3.8, 4) is 0 Å². The summed E-state index contributed by atoms with van der Waals surface area (Å²) in [5, 5.41) is 0. The highest BCUT2D eigenvalue weighted by molar-refractivity contribution is 7.00. The second-order valence-electron chi connectivity index (χ2n) is 18.4. The highest BCUT2D eigenvalue weighted by Crippen LogP contribution is 2.48. The summed E-state index contributed by atoms with van der Waals surface area (Å²) in [6.45, 7) is 28.2. The molecule has 0 N–H and O–H groups in total. The average molecular weight is 660 g/mol. The normalized spacial score (nSPS) is 14.3. The van der Waals surface area contributed by atoms with Crippen LogP contribution in [0.15, 0.2) is 109 Å². The maximum absolute atomic E-state index is 2.63. The van der Waals surface area contributed by atoms with Crippen molar-refractivity contribution in [1.29, 1.82) is 0 Å². The standard InChI is InChI=1S/C46H54BN3/c1-43(2,3)31-23-25-38-36(27-31)47-37-28-32(44(4,5)6)24-26-39(37)50(46(10,11)12)41-30-35(29-40(42(41)47)49(38)45(7,8)9)48(33-19-15-13-16-20-33)34-21-17-14-18-22-34/h13-30H,1-12H3. The minimum Gasteiger partial charge on any atom is -0.337 e. The number of hydrogen-bond donors (Lipinski definition) is 0. The summed E-state index contributed by atoms with van der Waals surface area (Å²) in [4.78, 5) is 7.67. The molecule has 0 aliphatic carbocycles. The Hall–Kier alpha value is -4.44. The molecule has 256 valence electrons. The van der Waals surface area contributed by atoms with E-state index in [0.717, 1.165) is 17.1 Å². The maximum Gasteiger partial charge on any atom is 0.252 e. The SMILES string of the molecule is CC(C)(C)c1ccc2c(c1)B1c3cc(C(C)(C)C)ccc3N(C(C)(C)C)c3cc(N(c4ccccc4)c4ccccc4)cc(c31)N2C(C)(C)C. The Bertz CT molecular complexity index is 1910. The predicted octanol–water partition coefficient (Wildman–Crippen LogP) is 10.8. The largest absolute Gasteiger partial charge is 0.337 e. The van der Waals surface area contributed by atoms with Crippen molar-refractivity contribution in [1.82, 2.24) is 0 Å². The monoisotopic (exact) mass is 659 g/mol. The van der Waals surface area contributed by atoms with Crippen LogP contribution >= 0.6 is 0 Å². The van der Waals surface area contributed by atoms with E-state index >= 15 is 0 Å². The van der Waals surface area contributed by atoms with Gasteiger partial charge in [0.25, 0.3) is 6.71 Å². The van der Waals surface area contributed by atoms with Crippen LogP contribution in [0.25, 0.3) is 0 Å². The Morgan fingerprint density at radius 2 is 0.800 bits per heavy atom. The van der Waals surface area contributed by atoms with Crippen molar-refractivity contribution < 1.29 is 0 Å². The number of hydrogen-bond acceptors (Lipinski definition) is 3. The Labute approximate surface area is 302 Å². The summed E-state index contributed by atoms with van der Waals surface area (Å²) in [7, 11) is 0. The zero-order chi connectivity index (χ0) is 36.0. The van der Waals surface area contributed by atoms with Crippen LogP contribution in [0.1, 0.15) is 94.2 Å². The lowest BCUT2D eigenvalue weighted by Crippen LogP contribution is -2.65. The first-order valence-electron chi connectivity index (χ1n) is 18.3. The van der Waals surface area contributed by atoms with Gasteiger partial charge in [-0.25, -0.2) is 0 Å². The topological polar surface area (TPSA) is 9.72 Å². The summed E-state index contributed by atoms with van der Waals surface area (Å²) in [5.74, 6) is 0. The second-order valence-corrected chi connectivity index (χ2v) is 18.4. The first kappa shape index (κ1) is 34.0. The van der Waals surface area contributed by atoms with Gasteiger partial charge in [-0.2, -0.15) is 0 Å². The number of anilines is 7. The first-order valence-corrected chi connectivity index (χ1v) is 18.3. The smallest absolute Gasteiger partial charge is 0.252 e. The van der Waals surface area contributed by atoms with E-state index in [-0.39, 0.29) is 28.6 Å². The Kier molecular flexibility index (Phi) is 7.86. The zero-order valence-corrected chi connectivity index (χ0v) is 32.3. The molecule has 0 saturated heterocycles. The van der Waals surface area contributed by atoms with Crippen LogP contribution in [0, 0.1) is 0 Å². The number of nitrogens with zero attached hydrogens (tertiary/aromatic N) is 3. The van der Waals surface area contributed by atoms with Crippen LogP contribution in [-0.2, 0) is 10.8 Å². The van der Waals surface area contributed by atoms with Crippen LogP contribution in [0.4, 0.5) is 39.8 Å². The lowest BCUT2D eigenvalue weighted by atomic mass is 9.33. The van der Waals surface area contributed by atoms with Gasteiger partial charge in [-0.1, -0.05) is 102 Å². The Morgan fingerprint density at radius 1 is 0.420 bits per heavy atom. The highest BCUT2D eigenvalue weighted by Gasteiger charge is 2.47. The number of benzene rings is 5. The molecule has 3 nitrogen and oxygen atoms in total. The third-order valence-corrected chi connectivity index (χ3v) is 10.4. The van der Waals surface area contributed by atoms with Crippen molar-refractivity contribution in [2.75, 3.05) is 14.7 Å². The molecule has 4 heteroatoms. The molecule has 5 aromatic carbocycles. The third kappa shape index (κ3) is 5.71. The minimum atomic E-state index is -0.181. The molecule has 0 unspecified atom stereocenters. The van der Waals surface area contributed by atoms with Gasteiger partial charge in [0.2, 0.25) is 0 Å². The van der Waals surface area contributed by atoms with Crippen molar-refractivity contribution in [2.24, 2.45) is 0 Å². The fourth-order valence-corrected chi connectivity index (χ4v) is 8.10. The molecule has 2 aliphatic heterocycles. The van der Waals surface area contributed by atoms with Gasteiger partial charge in [0.15, 0.2) is 0 Å². The zero-order valence-electron chi connectivity index (χ0n) is 32.3. The number of rotatable bonds is 3. The van der Waals surface area contributed by atoms with Crippen LogP contribution in [-0.4, -0.2) is 17.8 Å². The van der Waals surface area contributed by atoms with Crippen LogP contribution < -0.4 is 31.1 Å². The number of fused-ring (bicyclic) bond motifs is 4. The van der Waals surface area contributed by atoms with E-state index in [1.54, 1.807) is 0 Å². The summed E-state index contributed by atoms with van der Waals surface area (Å²) >= 11 is 0. The van der Waals surface area contributed by atoms with E-state index < -0.39 is 0 Å². The lowest BCUT2D eigenvalue weighted by Gasteiger charge is -2.51. The summed E-state index contributed by atoms with van der Waals surface area (Å²) in [6.07, 6.45) is 0. The molecule has 0 bridgehead atoms. The fourth-order valence-electron chi connectivity index (χ4n) is 8.10. The number of para-hydroxylation sites is 2. The third-order valence-electron chi connectivity index (χ3n) is 10.4. The predicted molar refractivity (Wildman–Crippen MR) is 220 cm³/mol. The van der Waals surface area contributed by atoms with E-state index in [1.165, 1.54) is 50.3 Å². The van der Waals surface area contributed by atoms with Crippen LogP contribution in [0.5, 0.6) is 0 Å². The van der Waals surface area contributed by atoms with Gasteiger partial charge in [0.05, 0.1) is 5.69 Å². The summed E-state index contributed by atoms with van der Waals surface area (Å²) < 4.78 is 0. The van der Waals surface area contributed by atoms with Gasteiger partial charge in [0.1, 0.15) is 0 Å². The highest BCUT2D eigenvalue weighted by atomic mass is 15.2. The van der Waals surface area contributed by atoms with E-state index in [1.807, 2.05) is 0 Å². The Balaban J connectivity index is 1.63. The van der Waals surface area contributed by atoms with E-state index in [2.05, 4.69) is 207 Å². The lowest BCUT2D eigenvalue weighted by molar-refractivity contribution is 0.556. The molecular weight excluding hydrogens is 605 g/mol. The molecular formula is C46H54BN3. The molecule has 7 rings (SSSR count). The van der Waals surface area contributed by atoms with E-state index in [0.29, 0.717) is 0 Å². The summed E-state index contributed by atoms with van der Waals surface area (Å²) in [6, 6.07) is 41.2. The molecule has 50 heavy (non-hydrogen) atoms. The van der Waals surface area contributed by atoms with Gasteiger partial charge in [-0.05, 0) is 128 Å². The van der Waals surface area contributed by atoms with E-state index in [4.69, 9.17) is 0 Å². The minimum absolute atomic E-state index is 0.0304. The molecule has 0 aromatic heterocycles. The van der Waals surface area contributed by atoms with Crippen molar-refractivity contribution in [3.63, 3.8) is 0 Å².